The first-order valence-corrected chi connectivity index (χ1v) is 16.3. The molecule has 0 nitrogen and oxygen atoms in total. The summed E-state index contributed by atoms with van der Waals surface area (Å²) in [7, 11) is -1.50. The van der Waals surface area contributed by atoms with Crippen LogP contribution in [0, 0.1) is 0 Å². The first-order valence-electron chi connectivity index (χ1n) is 12.8. The van der Waals surface area contributed by atoms with E-state index >= 15 is 0 Å². The van der Waals surface area contributed by atoms with E-state index in [9.17, 15) is 0 Å². The second kappa shape index (κ2) is 9.02. The smallest absolute Gasteiger partial charge is 0.0656 e. The van der Waals surface area contributed by atoms with Gasteiger partial charge >= 0.3 is 0 Å². The monoisotopic (exact) mass is 438 g/mol. The van der Waals surface area contributed by atoms with Crippen molar-refractivity contribution in [1.29, 1.82) is 0 Å². The molecule has 0 radical (unpaired) electrons. The van der Waals surface area contributed by atoms with Crippen molar-refractivity contribution in [2.45, 2.75) is 82.8 Å². The van der Waals surface area contributed by atoms with Gasteiger partial charge in [0.2, 0.25) is 0 Å². The van der Waals surface area contributed by atoms with Crippen LogP contribution in [-0.4, -0.2) is 8.07 Å². The zero-order chi connectivity index (χ0) is 22.1. The Bertz CT molecular complexity index is 1040. The van der Waals surface area contributed by atoms with Crippen molar-refractivity contribution in [3.63, 3.8) is 0 Å². The quantitative estimate of drug-likeness (QED) is 0.349. The van der Waals surface area contributed by atoms with Crippen LogP contribution in [-0.2, 0) is 0 Å². The SMILES string of the molecule is C[Si](C)(C)c1cc(-c2ccc(C3CCCC3)cc2)ccc1-c1ccc(C2CCCC2)cc1. The third kappa shape index (κ3) is 4.50. The van der Waals surface area contributed by atoms with Gasteiger partial charge < -0.3 is 0 Å². The zero-order valence-electron chi connectivity index (χ0n) is 20.2. The summed E-state index contributed by atoms with van der Waals surface area (Å²) >= 11 is 0. The van der Waals surface area contributed by atoms with Crippen LogP contribution in [0.25, 0.3) is 22.3 Å². The Morgan fingerprint density at radius 1 is 0.531 bits per heavy atom. The van der Waals surface area contributed by atoms with E-state index in [-0.39, 0.29) is 0 Å². The van der Waals surface area contributed by atoms with Crippen molar-refractivity contribution in [2.24, 2.45) is 0 Å². The molecule has 0 saturated heterocycles. The minimum atomic E-state index is -1.50. The second-order valence-corrected chi connectivity index (χ2v) is 16.3. The Balaban J connectivity index is 1.45. The van der Waals surface area contributed by atoms with Gasteiger partial charge in [-0.2, -0.15) is 0 Å². The predicted octanol–water partition coefficient (Wildman–Crippen LogP) is 8.88. The maximum absolute atomic E-state index is 2.50. The Morgan fingerprint density at radius 2 is 0.969 bits per heavy atom. The lowest BCUT2D eigenvalue weighted by atomic mass is 9.93. The minimum Gasteiger partial charge on any atom is -0.0656 e. The van der Waals surface area contributed by atoms with E-state index < -0.39 is 8.07 Å². The summed E-state index contributed by atoms with van der Waals surface area (Å²) in [6.45, 7) is 7.43. The van der Waals surface area contributed by atoms with Crippen molar-refractivity contribution < 1.29 is 0 Å². The van der Waals surface area contributed by atoms with Gasteiger partial charge in [-0.05, 0) is 70.9 Å². The van der Waals surface area contributed by atoms with Crippen LogP contribution >= 0.6 is 0 Å². The summed E-state index contributed by atoms with van der Waals surface area (Å²) in [6.07, 6.45) is 11.1. The lowest BCUT2D eigenvalue weighted by Gasteiger charge is -2.23. The van der Waals surface area contributed by atoms with Gasteiger partial charge in [0.25, 0.3) is 0 Å². The standard InChI is InChI=1S/C31H38Si/c1-32(2,3)31-22-29(27-14-12-25(13-15-27)23-8-4-5-9-23)20-21-30(31)28-18-16-26(17-19-28)24-10-6-7-11-24/h12-24H,4-11H2,1-3H3. The predicted molar refractivity (Wildman–Crippen MR) is 143 cm³/mol. The minimum absolute atomic E-state index is 0.787. The fourth-order valence-corrected chi connectivity index (χ4v) is 7.62. The molecule has 0 bridgehead atoms. The summed E-state index contributed by atoms with van der Waals surface area (Å²) < 4.78 is 0. The van der Waals surface area contributed by atoms with Crippen LogP contribution in [0.5, 0.6) is 0 Å². The topological polar surface area (TPSA) is 0 Å². The lowest BCUT2D eigenvalue weighted by Crippen LogP contribution is -2.39. The second-order valence-electron chi connectivity index (χ2n) is 11.2. The van der Waals surface area contributed by atoms with E-state index in [4.69, 9.17) is 0 Å². The molecule has 166 valence electrons. The van der Waals surface area contributed by atoms with Crippen LogP contribution in [0.2, 0.25) is 19.6 Å². The Kier molecular flexibility index (Phi) is 6.12. The van der Waals surface area contributed by atoms with E-state index in [0.717, 1.165) is 11.8 Å². The molecular weight excluding hydrogens is 400 g/mol. The van der Waals surface area contributed by atoms with Gasteiger partial charge in [0.15, 0.2) is 0 Å². The molecule has 0 atom stereocenters. The van der Waals surface area contributed by atoms with Crippen LogP contribution in [0.15, 0.2) is 66.7 Å². The van der Waals surface area contributed by atoms with Gasteiger partial charge in [-0.25, -0.2) is 0 Å². The highest BCUT2D eigenvalue weighted by Gasteiger charge is 2.23. The van der Waals surface area contributed by atoms with Gasteiger partial charge in [-0.3, -0.25) is 0 Å². The summed E-state index contributed by atoms with van der Waals surface area (Å²) in [5, 5.41) is 1.57. The molecular formula is C31H38Si. The average molecular weight is 439 g/mol. The van der Waals surface area contributed by atoms with Crippen molar-refractivity contribution in [1.82, 2.24) is 0 Å². The molecule has 0 amide bonds. The molecule has 0 heterocycles. The molecule has 3 aromatic rings. The molecule has 2 fully saturated rings. The highest BCUT2D eigenvalue weighted by Crippen LogP contribution is 2.36. The third-order valence-corrected chi connectivity index (χ3v) is 9.98. The first-order chi connectivity index (χ1) is 15.5. The third-order valence-electron chi connectivity index (χ3n) is 7.95. The molecule has 0 spiro atoms. The number of hydrogen-bond acceptors (Lipinski definition) is 0. The fraction of sp³-hybridized carbons (Fsp3) is 0.419. The molecule has 5 rings (SSSR count). The highest BCUT2D eigenvalue weighted by molar-refractivity contribution is 6.89. The largest absolute Gasteiger partial charge is 0.0784 e. The van der Waals surface area contributed by atoms with E-state index in [1.54, 1.807) is 10.8 Å². The summed E-state index contributed by atoms with van der Waals surface area (Å²) in [4.78, 5) is 0. The number of benzene rings is 3. The summed E-state index contributed by atoms with van der Waals surface area (Å²) in [6, 6.07) is 26.3. The Morgan fingerprint density at radius 3 is 1.44 bits per heavy atom. The van der Waals surface area contributed by atoms with Gasteiger partial charge in [0.1, 0.15) is 0 Å². The van der Waals surface area contributed by atoms with Crippen molar-refractivity contribution in [2.75, 3.05) is 0 Å². The van der Waals surface area contributed by atoms with Crippen LogP contribution in [0.4, 0.5) is 0 Å². The Labute approximate surface area is 196 Å². The molecule has 0 aromatic heterocycles. The zero-order valence-corrected chi connectivity index (χ0v) is 21.2. The van der Waals surface area contributed by atoms with Gasteiger partial charge in [-0.1, -0.05) is 117 Å². The normalized spacial score (nSPS) is 17.8. The molecule has 2 saturated carbocycles. The maximum atomic E-state index is 2.50. The van der Waals surface area contributed by atoms with Gasteiger partial charge in [0, 0.05) is 0 Å². The van der Waals surface area contributed by atoms with Crippen molar-refractivity contribution in [3.05, 3.63) is 77.9 Å². The van der Waals surface area contributed by atoms with Crippen LogP contribution in [0.3, 0.4) is 0 Å². The molecule has 3 aromatic carbocycles. The molecule has 0 unspecified atom stereocenters. The van der Waals surface area contributed by atoms with Crippen molar-refractivity contribution >= 4 is 13.3 Å². The summed E-state index contributed by atoms with van der Waals surface area (Å²) in [5.41, 5.74) is 8.62. The number of rotatable bonds is 5. The van der Waals surface area contributed by atoms with E-state index in [0.29, 0.717) is 0 Å². The average Bonchev–Trinajstić information content (AvgIpc) is 3.53. The van der Waals surface area contributed by atoms with Gasteiger partial charge in [-0.15, -0.1) is 0 Å². The Hall–Kier alpha value is -2.12. The first kappa shape index (κ1) is 21.7. The van der Waals surface area contributed by atoms with E-state index in [1.165, 1.54) is 79.2 Å². The fourth-order valence-electron chi connectivity index (χ4n) is 6.00. The highest BCUT2D eigenvalue weighted by atomic mass is 28.3. The number of hydrogen-bond donors (Lipinski definition) is 0. The maximum Gasteiger partial charge on any atom is 0.0784 e. The van der Waals surface area contributed by atoms with E-state index in [2.05, 4.69) is 86.4 Å². The van der Waals surface area contributed by atoms with E-state index in [1.807, 2.05) is 0 Å². The molecule has 2 aliphatic rings. The lowest BCUT2D eigenvalue weighted by molar-refractivity contribution is 0.723. The van der Waals surface area contributed by atoms with Gasteiger partial charge in [0.05, 0.1) is 8.07 Å². The molecule has 2 aliphatic carbocycles. The molecule has 1 heteroatoms. The van der Waals surface area contributed by atoms with Crippen LogP contribution in [0.1, 0.15) is 74.3 Å². The van der Waals surface area contributed by atoms with Crippen molar-refractivity contribution in [3.8, 4) is 22.3 Å². The molecule has 0 aliphatic heterocycles. The molecule has 32 heavy (non-hydrogen) atoms. The summed E-state index contributed by atoms with van der Waals surface area (Å²) in [5.74, 6) is 1.58. The van der Waals surface area contributed by atoms with Crippen LogP contribution < -0.4 is 5.19 Å². The molecule has 0 N–H and O–H groups in total.